The molecule has 0 spiro atoms. The Morgan fingerprint density at radius 2 is 2.12 bits per heavy atom. The molecule has 1 saturated heterocycles. The Bertz CT molecular complexity index is 858. The zero-order valence-electron chi connectivity index (χ0n) is 14.2. The SMILES string of the molecule is COCc1cc(CC2(NCc3cnc4ccccc4c3)COC2)no1. The van der Waals surface area contributed by atoms with Crippen molar-refractivity contribution < 1.29 is 14.0 Å². The molecule has 4 rings (SSSR count). The third-order valence-corrected chi connectivity index (χ3v) is 4.49. The summed E-state index contributed by atoms with van der Waals surface area (Å²) >= 11 is 0. The van der Waals surface area contributed by atoms with Crippen molar-refractivity contribution in [1.29, 1.82) is 0 Å². The molecular formula is C19H21N3O3. The number of methoxy groups -OCH3 is 1. The van der Waals surface area contributed by atoms with Crippen molar-refractivity contribution in [2.24, 2.45) is 0 Å². The number of pyridine rings is 1. The van der Waals surface area contributed by atoms with E-state index >= 15 is 0 Å². The molecule has 1 aliphatic heterocycles. The lowest BCUT2D eigenvalue weighted by molar-refractivity contribution is -0.0755. The van der Waals surface area contributed by atoms with Gasteiger partial charge < -0.3 is 19.3 Å². The predicted octanol–water partition coefficient (Wildman–Crippen LogP) is 2.47. The van der Waals surface area contributed by atoms with Gasteiger partial charge in [-0.2, -0.15) is 0 Å². The number of nitrogens with one attached hydrogen (secondary N) is 1. The van der Waals surface area contributed by atoms with Gasteiger partial charge in [0.1, 0.15) is 6.61 Å². The van der Waals surface area contributed by atoms with Gasteiger partial charge in [0, 0.05) is 37.7 Å². The van der Waals surface area contributed by atoms with E-state index in [1.807, 2.05) is 30.5 Å². The van der Waals surface area contributed by atoms with Gasteiger partial charge in [0.05, 0.1) is 30.0 Å². The van der Waals surface area contributed by atoms with Crippen LogP contribution < -0.4 is 5.32 Å². The average Bonchev–Trinajstić information content (AvgIpc) is 3.04. The molecule has 0 saturated carbocycles. The second kappa shape index (κ2) is 6.92. The Labute approximate surface area is 146 Å². The first kappa shape index (κ1) is 16.2. The number of para-hydroxylation sites is 1. The molecule has 1 aliphatic rings. The number of nitrogens with zero attached hydrogens (tertiary/aromatic N) is 2. The first-order valence-electron chi connectivity index (χ1n) is 8.36. The van der Waals surface area contributed by atoms with Gasteiger partial charge in [-0.05, 0) is 17.7 Å². The van der Waals surface area contributed by atoms with Crippen molar-refractivity contribution in [2.45, 2.75) is 25.1 Å². The minimum atomic E-state index is -0.104. The fourth-order valence-electron chi connectivity index (χ4n) is 3.11. The Kier molecular flexibility index (Phi) is 4.48. The van der Waals surface area contributed by atoms with E-state index < -0.39 is 0 Å². The lowest BCUT2D eigenvalue weighted by atomic mass is 9.91. The highest BCUT2D eigenvalue weighted by Gasteiger charge is 2.39. The fraction of sp³-hybridized carbons (Fsp3) is 0.368. The van der Waals surface area contributed by atoms with Crippen LogP contribution in [0.2, 0.25) is 0 Å². The smallest absolute Gasteiger partial charge is 0.162 e. The van der Waals surface area contributed by atoms with E-state index in [9.17, 15) is 0 Å². The molecule has 0 atom stereocenters. The first-order valence-corrected chi connectivity index (χ1v) is 8.36. The third-order valence-electron chi connectivity index (χ3n) is 4.49. The Morgan fingerprint density at radius 3 is 2.92 bits per heavy atom. The van der Waals surface area contributed by atoms with Gasteiger partial charge >= 0.3 is 0 Å². The van der Waals surface area contributed by atoms with Crippen LogP contribution in [0.4, 0.5) is 0 Å². The number of benzene rings is 1. The molecule has 0 radical (unpaired) electrons. The standard InChI is InChI=1S/C19H21N3O3/c1-23-11-17-7-16(22-25-17)8-19(12-24-13-19)21-10-14-6-15-4-2-3-5-18(15)20-9-14/h2-7,9,21H,8,10-13H2,1H3. The molecule has 2 aromatic heterocycles. The van der Waals surface area contributed by atoms with E-state index in [1.54, 1.807) is 7.11 Å². The summed E-state index contributed by atoms with van der Waals surface area (Å²) < 4.78 is 15.8. The number of ether oxygens (including phenoxy) is 2. The lowest BCUT2D eigenvalue weighted by Gasteiger charge is -2.42. The summed E-state index contributed by atoms with van der Waals surface area (Å²) in [6, 6.07) is 12.3. The van der Waals surface area contributed by atoms with E-state index in [0.717, 1.165) is 40.9 Å². The van der Waals surface area contributed by atoms with Gasteiger partial charge in [0.25, 0.3) is 0 Å². The molecule has 1 fully saturated rings. The predicted molar refractivity (Wildman–Crippen MR) is 93.1 cm³/mol. The normalized spacial score (nSPS) is 16.0. The van der Waals surface area contributed by atoms with E-state index in [2.05, 4.69) is 27.6 Å². The molecule has 0 amide bonds. The van der Waals surface area contributed by atoms with E-state index in [1.165, 1.54) is 0 Å². The summed E-state index contributed by atoms with van der Waals surface area (Å²) in [5, 5.41) is 8.91. The van der Waals surface area contributed by atoms with Crippen LogP contribution in [0.3, 0.4) is 0 Å². The summed E-state index contributed by atoms with van der Waals surface area (Å²) in [7, 11) is 1.64. The lowest BCUT2D eigenvalue weighted by Crippen LogP contribution is -2.61. The van der Waals surface area contributed by atoms with Crippen LogP contribution >= 0.6 is 0 Å². The van der Waals surface area contributed by atoms with Crippen molar-refractivity contribution in [3.63, 3.8) is 0 Å². The average molecular weight is 339 g/mol. The largest absolute Gasteiger partial charge is 0.377 e. The molecule has 130 valence electrons. The minimum Gasteiger partial charge on any atom is -0.377 e. The molecule has 25 heavy (non-hydrogen) atoms. The van der Waals surface area contributed by atoms with Crippen molar-refractivity contribution in [3.8, 4) is 0 Å². The molecule has 1 N–H and O–H groups in total. The van der Waals surface area contributed by atoms with Crippen molar-refractivity contribution in [2.75, 3.05) is 20.3 Å². The van der Waals surface area contributed by atoms with Gasteiger partial charge in [-0.25, -0.2) is 0 Å². The van der Waals surface area contributed by atoms with E-state index in [0.29, 0.717) is 19.8 Å². The zero-order valence-corrected chi connectivity index (χ0v) is 14.2. The molecule has 6 heteroatoms. The highest BCUT2D eigenvalue weighted by molar-refractivity contribution is 5.78. The van der Waals surface area contributed by atoms with Crippen LogP contribution in [0.15, 0.2) is 47.1 Å². The van der Waals surface area contributed by atoms with Crippen LogP contribution in [0.1, 0.15) is 17.0 Å². The number of fused-ring (bicyclic) bond motifs is 1. The van der Waals surface area contributed by atoms with Crippen molar-refractivity contribution in [1.82, 2.24) is 15.5 Å². The molecule has 6 nitrogen and oxygen atoms in total. The van der Waals surface area contributed by atoms with Gasteiger partial charge in [-0.1, -0.05) is 23.4 Å². The Morgan fingerprint density at radius 1 is 1.24 bits per heavy atom. The summed E-state index contributed by atoms with van der Waals surface area (Å²) in [5.41, 5.74) is 2.98. The summed E-state index contributed by atoms with van der Waals surface area (Å²) in [5.74, 6) is 0.742. The Balaban J connectivity index is 1.43. The minimum absolute atomic E-state index is 0.104. The maximum Gasteiger partial charge on any atom is 0.162 e. The molecule has 0 unspecified atom stereocenters. The number of hydrogen-bond acceptors (Lipinski definition) is 6. The van der Waals surface area contributed by atoms with Crippen molar-refractivity contribution >= 4 is 10.9 Å². The molecular weight excluding hydrogens is 318 g/mol. The zero-order chi connectivity index (χ0) is 17.1. The molecule has 0 aliphatic carbocycles. The number of aromatic nitrogens is 2. The summed E-state index contributed by atoms with van der Waals surface area (Å²) in [6.07, 6.45) is 2.69. The van der Waals surface area contributed by atoms with Crippen molar-refractivity contribution in [3.05, 3.63) is 59.6 Å². The maximum absolute atomic E-state index is 5.46. The number of rotatable bonds is 7. The molecule has 0 bridgehead atoms. The van der Waals surface area contributed by atoms with Gasteiger partial charge in [-0.15, -0.1) is 0 Å². The topological polar surface area (TPSA) is 69.4 Å². The molecule has 1 aromatic carbocycles. The number of hydrogen-bond donors (Lipinski definition) is 1. The van der Waals surface area contributed by atoms with Crippen LogP contribution in [-0.2, 0) is 29.0 Å². The molecule has 3 aromatic rings. The quantitative estimate of drug-likeness (QED) is 0.713. The Hall–Kier alpha value is -2.28. The van der Waals surface area contributed by atoms with E-state index in [-0.39, 0.29) is 5.54 Å². The maximum atomic E-state index is 5.46. The van der Waals surface area contributed by atoms with Gasteiger partial charge in [-0.3, -0.25) is 4.98 Å². The van der Waals surface area contributed by atoms with Gasteiger partial charge in [0.2, 0.25) is 0 Å². The van der Waals surface area contributed by atoms with Crippen LogP contribution in [0, 0.1) is 0 Å². The summed E-state index contributed by atoms with van der Waals surface area (Å²) in [4.78, 5) is 4.52. The monoisotopic (exact) mass is 339 g/mol. The first-order chi connectivity index (χ1) is 12.3. The van der Waals surface area contributed by atoms with Crippen LogP contribution in [0.5, 0.6) is 0 Å². The highest BCUT2D eigenvalue weighted by atomic mass is 16.5. The van der Waals surface area contributed by atoms with Crippen LogP contribution in [-0.4, -0.2) is 36.0 Å². The molecule has 3 heterocycles. The fourth-order valence-corrected chi connectivity index (χ4v) is 3.11. The second-order valence-electron chi connectivity index (χ2n) is 6.56. The van der Waals surface area contributed by atoms with Crippen LogP contribution in [0.25, 0.3) is 10.9 Å². The highest BCUT2D eigenvalue weighted by Crippen LogP contribution is 2.24. The van der Waals surface area contributed by atoms with Gasteiger partial charge in [0.15, 0.2) is 5.76 Å². The summed E-state index contributed by atoms with van der Waals surface area (Å²) in [6.45, 7) is 2.51. The second-order valence-corrected chi connectivity index (χ2v) is 6.56. The van der Waals surface area contributed by atoms with E-state index in [4.69, 9.17) is 14.0 Å². The third kappa shape index (κ3) is 3.56.